The molecule has 128 valence electrons. The number of rotatable bonds is 6. The molecule has 0 heterocycles. The lowest BCUT2D eigenvalue weighted by atomic mass is 10.0. The summed E-state index contributed by atoms with van der Waals surface area (Å²) in [5, 5.41) is 6.06. The first-order chi connectivity index (χ1) is 10.1. The van der Waals surface area contributed by atoms with E-state index in [2.05, 4.69) is 10.6 Å². The second-order valence-corrected chi connectivity index (χ2v) is 6.70. The van der Waals surface area contributed by atoms with Crippen LogP contribution in [0.15, 0.2) is 0 Å². The van der Waals surface area contributed by atoms with Gasteiger partial charge in [0.25, 0.3) is 0 Å². The fourth-order valence-corrected chi connectivity index (χ4v) is 3.65. The van der Waals surface area contributed by atoms with Crippen LogP contribution in [0, 0.1) is 11.8 Å². The maximum absolute atomic E-state index is 12.1. The summed E-state index contributed by atoms with van der Waals surface area (Å²) in [5.74, 6) is 0.720. The molecule has 3 unspecified atom stereocenters. The Morgan fingerprint density at radius 1 is 1.14 bits per heavy atom. The molecule has 2 aliphatic rings. The molecule has 2 amide bonds. The summed E-state index contributed by atoms with van der Waals surface area (Å²) < 4.78 is 0. The van der Waals surface area contributed by atoms with E-state index >= 15 is 0 Å². The van der Waals surface area contributed by atoms with Crippen LogP contribution in [0.3, 0.4) is 0 Å². The van der Waals surface area contributed by atoms with Crippen LogP contribution >= 0.6 is 12.4 Å². The van der Waals surface area contributed by atoms with Crippen molar-refractivity contribution in [3.05, 3.63) is 0 Å². The molecule has 2 saturated carbocycles. The molecule has 3 atom stereocenters. The van der Waals surface area contributed by atoms with Crippen LogP contribution in [-0.4, -0.2) is 30.4 Å². The molecule has 4 N–H and O–H groups in total. The SMILES string of the molecule is CC(CC(=O)NC1CCCC1CN)NC(=O)C1CCCC1.Cl. The highest BCUT2D eigenvalue weighted by Gasteiger charge is 2.28. The van der Waals surface area contributed by atoms with E-state index in [1.165, 1.54) is 0 Å². The van der Waals surface area contributed by atoms with E-state index in [0.717, 1.165) is 44.9 Å². The molecule has 2 aliphatic carbocycles. The maximum atomic E-state index is 12.1. The van der Waals surface area contributed by atoms with E-state index in [-0.39, 0.29) is 42.2 Å². The maximum Gasteiger partial charge on any atom is 0.223 e. The first-order valence-corrected chi connectivity index (χ1v) is 8.40. The van der Waals surface area contributed by atoms with E-state index < -0.39 is 0 Å². The van der Waals surface area contributed by atoms with Crippen molar-refractivity contribution in [2.45, 2.75) is 70.4 Å². The zero-order valence-electron chi connectivity index (χ0n) is 13.5. The molecule has 6 heteroatoms. The van der Waals surface area contributed by atoms with E-state index in [0.29, 0.717) is 18.9 Å². The summed E-state index contributed by atoms with van der Waals surface area (Å²) in [5.41, 5.74) is 5.73. The zero-order valence-corrected chi connectivity index (χ0v) is 14.3. The number of amides is 2. The highest BCUT2D eigenvalue weighted by molar-refractivity contribution is 5.85. The van der Waals surface area contributed by atoms with Gasteiger partial charge < -0.3 is 16.4 Å². The van der Waals surface area contributed by atoms with E-state index in [1.807, 2.05) is 6.92 Å². The number of carbonyl (C=O) groups is 2. The van der Waals surface area contributed by atoms with Crippen molar-refractivity contribution >= 4 is 24.2 Å². The molecule has 22 heavy (non-hydrogen) atoms. The number of hydrogen-bond acceptors (Lipinski definition) is 3. The fourth-order valence-electron chi connectivity index (χ4n) is 3.65. The summed E-state index contributed by atoms with van der Waals surface area (Å²) in [6.45, 7) is 2.54. The highest BCUT2D eigenvalue weighted by Crippen LogP contribution is 2.25. The quantitative estimate of drug-likeness (QED) is 0.693. The molecule has 0 aromatic heterocycles. The Balaban J connectivity index is 0.00000242. The Bertz CT molecular complexity index is 372. The van der Waals surface area contributed by atoms with Crippen molar-refractivity contribution < 1.29 is 9.59 Å². The van der Waals surface area contributed by atoms with E-state index in [9.17, 15) is 9.59 Å². The number of nitrogens with one attached hydrogen (secondary N) is 2. The Morgan fingerprint density at radius 2 is 1.82 bits per heavy atom. The predicted molar refractivity (Wildman–Crippen MR) is 89.8 cm³/mol. The Morgan fingerprint density at radius 3 is 2.45 bits per heavy atom. The fraction of sp³-hybridized carbons (Fsp3) is 0.875. The monoisotopic (exact) mass is 331 g/mol. The molecule has 0 aliphatic heterocycles. The summed E-state index contributed by atoms with van der Waals surface area (Å²) in [4.78, 5) is 24.1. The first kappa shape index (κ1) is 19.2. The molecular formula is C16H30ClN3O2. The van der Waals surface area contributed by atoms with Gasteiger partial charge in [0.05, 0.1) is 0 Å². The van der Waals surface area contributed by atoms with Crippen molar-refractivity contribution in [3.8, 4) is 0 Å². The van der Waals surface area contributed by atoms with Crippen LogP contribution in [-0.2, 0) is 9.59 Å². The highest BCUT2D eigenvalue weighted by atomic mass is 35.5. The third kappa shape index (κ3) is 5.43. The van der Waals surface area contributed by atoms with E-state index in [4.69, 9.17) is 5.73 Å². The largest absolute Gasteiger partial charge is 0.353 e. The molecule has 0 saturated heterocycles. The minimum atomic E-state index is -0.101. The molecule has 5 nitrogen and oxygen atoms in total. The zero-order chi connectivity index (χ0) is 15.2. The molecule has 0 aromatic rings. The summed E-state index contributed by atoms with van der Waals surface area (Å²) in [6.07, 6.45) is 7.90. The van der Waals surface area contributed by atoms with Gasteiger partial charge in [0.1, 0.15) is 0 Å². The summed E-state index contributed by atoms with van der Waals surface area (Å²) >= 11 is 0. The topological polar surface area (TPSA) is 84.2 Å². The van der Waals surface area contributed by atoms with Gasteiger partial charge >= 0.3 is 0 Å². The average Bonchev–Trinajstić information content (AvgIpc) is 3.08. The van der Waals surface area contributed by atoms with Gasteiger partial charge in [-0.05, 0) is 45.1 Å². The lowest BCUT2D eigenvalue weighted by Gasteiger charge is -2.21. The second-order valence-electron chi connectivity index (χ2n) is 6.70. The second kappa shape index (κ2) is 9.36. The molecule has 0 spiro atoms. The molecule has 0 radical (unpaired) electrons. The van der Waals surface area contributed by atoms with Crippen LogP contribution in [0.5, 0.6) is 0 Å². The number of halogens is 1. The van der Waals surface area contributed by atoms with Crippen LogP contribution in [0.4, 0.5) is 0 Å². The standard InChI is InChI=1S/C16H29N3O2.ClH/c1-11(18-16(21)12-5-2-3-6-12)9-15(20)19-14-8-4-7-13(14)10-17;/h11-14H,2-10,17H2,1H3,(H,18,21)(H,19,20);1H. The Kier molecular flexibility index (Phi) is 8.18. The summed E-state index contributed by atoms with van der Waals surface area (Å²) in [7, 11) is 0. The molecule has 2 fully saturated rings. The van der Waals surface area contributed by atoms with Gasteiger partial charge in [-0.3, -0.25) is 9.59 Å². The molecular weight excluding hydrogens is 302 g/mol. The van der Waals surface area contributed by atoms with Gasteiger partial charge in [0.2, 0.25) is 11.8 Å². The van der Waals surface area contributed by atoms with Crippen LogP contribution in [0.1, 0.15) is 58.3 Å². The Hall–Kier alpha value is -0.810. The third-order valence-corrected chi connectivity index (χ3v) is 4.91. The number of hydrogen-bond donors (Lipinski definition) is 3. The lowest BCUT2D eigenvalue weighted by Crippen LogP contribution is -2.44. The number of nitrogens with two attached hydrogens (primary N) is 1. The molecule has 0 bridgehead atoms. The minimum Gasteiger partial charge on any atom is -0.353 e. The van der Waals surface area contributed by atoms with Crippen molar-refractivity contribution in [3.63, 3.8) is 0 Å². The number of carbonyl (C=O) groups excluding carboxylic acids is 2. The van der Waals surface area contributed by atoms with Crippen molar-refractivity contribution in [2.24, 2.45) is 17.6 Å². The third-order valence-electron chi connectivity index (χ3n) is 4.91. The van der Waals surface area contributed by atoms with Crippen LogP contribution in [0.25, 0.3) is 0 Å². The first-order valence-electron chi connectivity index (χ1n) is 8.40. The van der Waals surface area contributed by atoms with Crippen molar-refractivity contribution in [1.82, 2.24) is 10.6 Å². The van der Waals surface area contributed by atoms with Crippen LogP contribution in [0.2, 0.25) is 0 Å². The van der Waals surface area contributed by atoms with Gasteiger partial charge in [-0.1, -0.05) is 19.3 Å². The van der Waals surface area contributed by atoms with Crippen LogP contribution < -0.4 is 16.4 Å². The normalized spacial score (nSPS) is 26.3. The van der Waals surface area contributed by atoms with Crippen molar-refractivity contribution in [2.75, 3.05) is 6.54 Å². The van der Waals surface area contributed by atoms with Gasteiger partial charge in [0, 0.05) is 24.4 Å². The van der Waals surface area contributed by atoms with E-state index in [1.54, 1.807) is 0 Å². The average molecular weight is 332 g/mol. The molecule has 0 aromatic carbocycles. The predicted octanol–water partition coefficient (Wildman–Crippen LogP) is 1.74. The Labute approximate surface area is 139 Å². The lowest BCUT2D eigenvalue weighted by molar-refractivity contribution is -0.126. The van der Waals surface area contributed by atoms with Gasteiger partial charge in [0.15, 0.2) is 0 Å². The molecule has 2 rings (SSSR count). The van der Waals surface area contributed by atoms with Gasteiger partial charge in [-0.15, -0.1) is 12.4 Å². The van der Waals surface area contributed by atoms with Gasteiger partial charge in [-0.25, -0.2) is 0 Å². The van der Waals surface area contributed by atoms with Gasteiger partial charge in [-0.2, -0.15) is 0 Å². The minimum absolute atomic E-state index is 0. The van der Waals surface area contributed by atoms with Crippen molar-refractivity contribution in [1.29, 1.82) is 0 Å². The smallest absolute Gasteiger partial charge is 0.223 e. The summed E-state index contributed by atoms with van der Waals surface area (Å²) in [6, 6.07) is 0.121.